The number of hydrogen-bond donors (Lipinski definition) is 0. The molecule has 0 aromatic heterocycles. The zero-order valence-electron chi connectivity index (χ0n) is 16.2. The van der Waals surface area contributed by atoms with Crippen LogP contribution in [0.2, 0.25) is 0 Å². The first-order chi connectivity index (χ1) is 16.4. The van der Waals surface area contributed by atoms with Gasteiger partial charge in [0.15, 0.2) is 0 Å². The maximum absolute atomic E-state index is 13.9. The second-order valence-electron chi connectivity index (χ2n) is 6.13. The van der Waals surface area contributed by atoms with Gasteiger partial charge < -0.3 is 0 Å². The van der Waals surface area contributed by atoms with Crippen molar-refractivity contribution in [1.29, 1.82) is 0 Å². The number of rotatable bonds is 5. The van der Waals surface area contributed by atoms with Gasteiger partial charge in [0.05, 0.1) is 0 Å². The molecule has 0 saturated heterocycles. The van der Waals surface area contributed by atoms with E-state index in [0.717, 1.165) is 12.1 Å². The van der Waals surface area contributed by atoms with Gasteiger partial charge in [-0.15, -0.1) is 0 Å². The summed E-state index contributed by atoms with van der Waals surface area (Å²) in [4.78, 5) is 24.5. The van der Waals surface area contributed by atoms with E-state index in [-0.39, 0.29) is 3.57 Å². The normalized spacial score (nSPS) is 11.3. The quantitative estimate of drug-likeness (QED) is 0.145. The Kier molecular flexibility index (Phi) is 7.56. The Hall–Kier alpha value is -3.37. The Morgan fingerprint density at radius 3 is 1.09 bits per heavy atom. The Labute approximate surface area is 195 Å². The third-order valence-electron chi connectivity index (χ3n) is 4.02. The van der Waals surface area contributed by atoms with E-state index in [2.05, 4.69) is 6.13 Å². The van der Waals surface area contributed by atoms with Crippen LogP contribution in [0.1, 0.15) is 20.7 Å². The Morgan fingerprint density at radius 1 is 0.486 bits per heavy atom. The first-order valence-electron chi connectivity index (χ1n) is 8.61. The van der Waals surface area contributed by atoms with Crippen molar-refractivity contribution < 1.29 is 59.6 Å². The molecule has 0 aliphatic heterocycles. The summed E-state index contributed by atoms with van der Waals surface area (Å²) >= 11 is -4.48. The van der Waals surface area contributed by atoms with Gasteiger partial charge in [0, 0.05) is 0 Å². The van der Waals surface area contributed by atoms with Crippen LogP contribution >= 0.6 is 20.6 Å². The molecule has 0 N–H and O–H groups in total. The van der Waals surface area contributed by atoms with Crippen LogP contribution < -0.4 is 0 Å². The van der Waals surface area contributed by atoms with Crippen LogP contribution in [0, 0.1) is 61.7 Å². The van der Waals surface area contributed by atoms with Crippen LogP contribution in [0.3, 0.4) is 0 Å². The van der Waals surface area contributed by atoms with Gasteiger partial charge in [-0.3, -0.25) is 0 Å². The van der Waals surface area contributed by atoms with Crippen LogP contribution in [-0.2, 0) is 6.13 Å². The van der Waals surface area contributed by atoms with Gasteiger partial charge in [0.1, 0.15) is 0 Å². The Balaban J connectivity index is 2.04. The molecule has 0 aliphatic carbocycles. The second-order valence-corrected chi connectivity index (χ2v) is 9.50. The molecule has 0 unspecified atom stereocenters. The minimum absolute atomic E-state index is 0.258. The fraction of sp³-hybridized carbons (Fsp3) is 0. The topological polar surface area (TPSA) is 52.6 Å². The van der Waals surface area contributed by atoms with Gasteiger partial charge in [-0.1, -0.05) is 0 Å². The fourth-order valence-corrected chi connectivity index (χ4v) is 5.16. The predicted octanol–water partition coefficient (Wildman–Crippen LogP) is 6.30. The van der Waals surface area contributed by atoms with Crippen molar-refractivity contribution in [2.24, 2.45) is 0 Å². The maximum atomic E-state index is 13.9. The molecule has 35 heavy (non-hydrogen) atoms. The van der Waals surface area contributed by atoms with Crippen molar-refractivity contribution in [3.05, 3.63) is 103 Å². The van der Waals surface area contributed by atoms with Crippen LogP contribution in [-0.4, -0.2) is 11.9 Å². The van der Waals surface area contributed by atoms with Crippen molar-refractivity contribution in [2.75, 3.05) is 0 Å². The van der Waals surface area contributed by atoms with Gasteiger partial charge >= 0.3 is 195 Å². The second kappa shape index (κ2) is 10.1. The summed E-state index contributed by atoms with van der Waals surface area (Å²) in [5.74, 6) is -30.0. The van der Waals surface area contributed by atoms with Crippen LogP contribution in [0.15, 0.2) is 30.3 Å². The number of hydrogen-bond acceptors (Lipinski definition) is 4. The summed E-state index contributed by atoms with van der Waals surface area (Å²) in [6, 6.07) is 5.98. The molecule has 3 aromatic carbocycles. The Bertz CT molecular complexity index is 1210. The SMILES string of the molecule is O=C(OI(OC(=O)c1c(F)c(F)c(F)c(F)c1F)c1ccccc1)c1c(F)c(F)c(F)c(F)c1F. The van der Waals surface area contributed by atoms with E-state index in [0.29, 0.717) is 0 Å². The van der Waals surface area contributed by atoms with E-state index < -0.39 is 102 Å². The van der Waals surface area contributed by atoms with Gasteiger partial charge in [-0.2, -0.15) is 0 Å². The summed E-state index contributed by atoms with van der Waals surface area (Å²) in [7, 11) is 0. The van der Waals surface area contributed by atoms with Crippen molar-refractivity contribution in [2.45, 2.75) is 0 Å². The molecule has 3 aromatic rings. The van der Waals surface area contributed by atoms with Crippen molar-refractivity contribution in [3.8, 4) is 0 Å². The number of halogens is 11. The molecule has 0 aliphatic rings. The molecule has 0 bridgehead atoms. The molecular weight excluding hydrogens is 621 g/mol. The summed E-state index contributed by atoms with van der Waals surface area (Å²) in [5, 5.41) is 0. The zero-order valence-corrected chi connectivity index (χ0v) is 18.3. The van der Waals surface area contributed by atoms with Crippen molar-refractivity contribution in [1.82, 2.24) is 0 Å². The van der Waals surface area contributed by atoms with Crippen LogP contribution in [0.25, 0.3) is 0 Å². The molecule has 186 valence electrons. The van der Waals surface area contributed by atoms with E-state index in [9.17, 15) is 53.5 Å². The van der Waals surface area contributed by atoms with Gasteiger partial charge in [-0.05, 0) is 0 Å². The molecule has 15 heteroatoms. The molecule has 0 saturated carbocycles. The molecule has 0 atom stereocenters. The first kappa shape index (κ1) is 26.2. The molecule has 0 fully saturated rings. The van der Waals surface area contributed by atoms with E-state index in [1.54, 1.807) is 0 Å². The molecular formula is C20H5F10IO4. The Morgan fingerprint density at radius 2 is 0.771 bits per heavy atom. The first-order valence-corrected chi connectivity index (χ1v) is 11.5. The summed E-state index contributed by atoms with van der Waals surface area (Å²) in [6.07, 6.45) is 0. The molecule has 3 rings (SSSR count). The molecule has 0 radical (unpaired) electrons. The minimum atomic E-state index is -4.48. The third-order valence-corrected chi connectivity index (χ3v) is 7.36. The summed E-state index contributed by atoms with van der Waals surface area (Å²) in [5.41, 5.74) is -4.15. The predicted molar refractivity (Wildman–Crippen MR) is 102 cm³/mol. The fourth-order valence-electron chi connectivity index (χ4n) is 2.40. The molecule has 4 nitrogen and oxygen atoms in total. The van der Waals surface area contributed by atoms with E-state index in [1.807, 2.05) is 0 Å². The van der Waals surface area contributed by atoms with Gasteiger partial charge in [0.25, 0.3) is 0 Å². The van der Waals surface area contributed by atoms with Gasteiger partial charge in [-0.25, -0.2) is 0 Å². The molecule has 0 amide bonds. The monoisotopic (exact) mass is 626 g/mol. The molecule has 0 heterocycles. The van der Waals surface area contributed by atoms with Crippen molar-refractivity contribution >= 4 is 32.6 Å². The van der Waals surface area contributed by atoms with Gasteiger partial charge in [0.2, 0.25) is 0 Å². The number of carbonyl (C=O) groups excluding carboxylic acids is 2. The average Bonchev–Trinajstić information content (AvgIpc) is 2.84. The van der Waals surface area contributed by atoms with E-state index in [4.69, 9.17) is 0 Å². The standard InChI is InChI=1S/C20H5F10IO4/c21-9-7(10(22)14(26)17(29)13(9)25)19(32)34-31(6-4-2-1-3-5-6)35-20(33)8-11(23)15(27)18(30)16(28)12(8)24/h1-5H. The van der Waals surface area contributed by atoms with Crippen LogP contribution in [0.5, 0.6) is 0 Å². The number of carbonyl (C=O) groups is 2. The molecule has 0 spiro atoms. The third kappa shape index (κ3) is 4.76. The van der Waals surface area contributed by atoms with E-state index >= 15 is 0 Å². The summed E-state index contributed by atoms with van der Waals surface area (Å²) in [6.45, 7) is 0. The average molecular weight is 626 g/mol. The summed E-state index contributed by atoms with van der Waals surface area (Å²) < 4.78 is 145. The van der Waals surface area contributed by atoms with Crippen molar-refractivity contribution in [3.63, 3.8) is 0 Å². The van der Waals surface area contributed by atoms with Crippen LogP contribution in [0.4, 0.5) is 43.9 Å². The van der Waals surface area contributed by atoms with E-state index in [1.165, 1.54) is 18.2 Å². The zero-order chi connectivity index (χ0) is 26.2. The number of benzene rings is 3.